The topological polar surface area (TPSA) is 18.5 Å². The Morgan fingerprint density at radius 1 is 0.962 bits per heavy atom. The summed E-state index contributed by atoms with van der Waals surface area (Å²) in [5, 5.41) is 0.240. The van der Waals surface area contributed by atoms with Crippen LogP contribution in [-0.2, 0) is 8.85 Å². The summed E-state index contributed by atoms with van der Waals surface area (Å²) in [5.74, 6) is 1.11. The van der Waals surface area contributed by atoms with Gasteiger partial charge in [-0.15, -0.1) is 0 Å². The number of allylic oxidation sites excluding steroid dienone is 1. The van der Waals surface area contributed by atoms with Gasteiger partial charge in [-0.3, -0.25) is 0 Å². The second-order valence-electron chi connectivity index (χ2n) is 10.5. The van der Waals surface area contributed by atoms with E-state index in [2.05, 4.69) is 94.5 Å². The third-order valence-electron chi connectivity index (χ3n) is 6.64. The lowest BCUT2D eigenvalue weighted by Gasteiger charge is -2.44. The van der Waals surface area contributed by atoms with Crippen molar-refractivity contribution in [2.45, 2.75) is 117 Å². The molecule has 152 valence electrons. The average molecular weight is 397 g/mol. The molecule has 0 aromatic carbocycles. The summed E-state index contributed by atoms with van der Waals surface area (Å²) in [6.07, 6.45) is 5.59. The first kappa shape index (κ1) is 23.7. The van der Waals surface area contributed by atoms with Crippen LogP contribution in [0, 0.1) is 0 Å². The van der Waals surface area contributed by atoms with Gasteiger partial charge in [0, 0.05) is 6.42 Å². The minimum atomic E-state index is -1.90. The Bertz CT molecular complexity index is 515. The molecular formula is C22H44O2Si2. The van der Waals surface area contributed by atoms with E-state index in [0.29, 0.717) is 16.6 Å². The zero-order valence-corrected chi connectivity index (χ0v) is 21.5. The maximum atomic E-state index is 6.91. The van der Waals surface area contributed by atoms with Gasteiger partial charge in [0.15, 0.2) is 8.32 Å². The Kier molecular flexibility index (Phi) is 7.62. The summed E-state index contributed by atoms with van der Waals surface area (Å²) in [6, 6.07) is 0. The molecule has 1 aliphatic rings. The largest absolute Gasteiger partial charge is 0.543 e. The molecule has 0 radical (unpaired) electrons. The van der Waals surface area contributed by atoms with Gasteiger partial charge in [0.2, 0.25) is 0 Å². The third-order valence-corrected chi connectivity index (χ3v) is 17.1. The molecule has 0 fully saturated rings. The van der Waals surface area contributed by atoms with E-state index in [1.165, 1.54) is 5.57 Å². The normalized spacial score (nSPS) is 19.9. The van der Waals surface area contributed by atoms with Crippen molar-refractivity contribution in [3.05, 3.63) is 23.5 Å². The van der Waals surface area contributed by atoms with Crippen LogP contribution in [0.3, 0.4) is 0 Å². The van der Waals surface area contributed by atoms with E-state index in [9.17, 15) is 0 Å². The molecule has 0 N–H and O–H groups in total. The van der Waals surface area contributed by atoms with Crippen LogP contribution in [0.1, 0.15) is 75.7 Å². The van der Waals surface area contributed by atoms with Gasteiger partial charge in [0.1, 0.15) is 5.76 Å². The molecule has 0 saturated carbocycles. The van der Waals surface area contributed by atoms with E-state index < -0.39 is 16.6 Å². The summed E-state index contributed by atoms with van der Waals surface area (Å²) >= 11 is 0. The lowest BCUT2D eigenvalue weighted by Crippen LogP contribution is -2.48. The standard InChI is InChI=1S/C22H44O2Si2/c1-16(2)26(17(3)4,18(5)6)24-21-14-13-20(15-19(21)7)23-25(11,12)22(8,9)10/h13-14,16-18,20H,15H2,1-12H3/t20-/m0/s1. The first-order chi connectivity index (χ1) is 11.6. The predicted octanol–water partition coefficient (Wildman–Crippen LogP) is 7.80. The molecule has 1 aliphatic carbocycles. The molecule has 0 spiro atoms. The smallest absolute Gasteiger partial charge is 0.258 e. The molecule has 1 rings (SSSR count). The quantitative estimate of drug-likeness (QED) is 0.408. The molecule has 0 bridgehead atoms. The van der Waals surface area contributed by atoms with Crippen molar-refractivity contribution in [3.63, 3.8) is 0 Å². The molecule has 4 heteroatoms. The third kappa shape index (κ3) is 4.93. The molecule has 0 aromatic heterocycles. The Hall–Kier alpha value is -0.326. The lowest BCUT2D eigenvalue weighted by molar-refractivity contribution is 0.219. The molecule has 0 aromatic rings. The van der Waals surface area contributed by atoms with Gasteiger partial charge in [-0.05, 0) is 53.3 Å². The van der Waals surface area contributed by atoms with E-state index in [1.54, 1.807) is 0 Å². The van der Waals surface area contributed by atoms with Crippen LogP contribution in [0.15, 0.2) is 23.5 Å². The monoisotopic (exact) mass is 396 g/mol. The summed E-state index contributed by atoms with van der Waals surface area (Å²) in [7, 11) is -3.65. The summed E-state index contributed by atoms with van der Waals surface area (Å²) in [4.78, 5) is 0. The predicted molar refractivity (Wildman–Crippen MR) is 121 cm³/mol. The summed E-state index contributed by atoms with van der Waals surface area (Å²) in [6.45, 7) is 27.9. The fourth-order valence-electron chi connectivity index (χ4n) is 4.11. The average Bonchev–Trinajstić information content (AvgIpc) is 2.43. The van der Waals surface area contributed by atoms with Crippen LogP contribution in [0.2, 0.25) is 34.8 Å². The molecule has 2 nitrogen and oxygen atoms in total. The number of hydrogen-bond acceptors (Lipinski definition) is 2. The van der Waals surface area contributed by atoms with Crippen molar-refractivity contribution < 1.29 is 8.85 Å². The first-order valence-corrected chi connectivity index (χ1v) is 15.4. The molecule has 0 heterocycles. The second-order valence-corrected chi connectivity index (χ2v) is 20.7. The Labute approximate surface area is 165 Å². The molecular weight excluding hydrogens is 352 g/mol. The zero-order valence-electron chi connectivity index (χ0n) is 19.5. The van der Waals surface area contributed by atoms with Crippen molar-refractivity contribution in [1.29, 1.82) is 0 Å². The van der Waals surface area contributed by atoms with Crippen LogP contribution in [0.5, 0.6) is 0 Å². The van der Waals surface area contributed by atoms with Crippen molar-refractivity contribution >= 4 is 16.6 Å². The van der Waals surface area contributed by atoms with Gasteiger partial charge < -0.3 is 8.85 Å². The van der Waals surface area contributed by atoms with Gasteiger partial charge in [0.25, 0.3) is 8.32 Å². The SMILES string of the molecule is CC1=C(O[Si](C(C)C)(C(C)C)C(C)C)C=C[C@H](O[Si](C)(C)C(C)(C)C)C1. The van der Waals surface area contributed by atoms with Crippen molar-refractivity contribution in [3.8, 4) is 0 Å². The highest BCUT2D eigenvalue weighted by Crippen LogP contribution is 2.45. The van der Waals surface area contributed by atoms with Crippen LogP contribution in [0.25, 0.3) is 0 Å². The Balaban J connectivity index is 3.01. The maximum absolute atomic E-state index is 6.91. The minimum absolute atomic E-state index is 0.191. The van der Waals surface area contributed by atoms with E-state index in [4.69, 9.17) is 8.85 Å². The highest BCUT2D eigenvalue weighted by Gasteiger charge is 2.47. The van der Waals surface area contributed by atoms with Crippen molar-refractivity contribution in [2.24, 2.45) is 0 Å². The zero-order chi connectivity index (χ0) is 20.5. The Morgan fingerprint density at radius 3 is 1.77 bits per heavy atom. The van der Waals surface area contributed by atoms with E-state index in [-0.39, 0.29) is 11.1 Å². The van der Waals surface area contributed by atoms with Crippen LogP contribution < -0.4 is 0 Å². The van der Waals surface area contributed by atoms with Crippen molar-refractivity contribution in [1.82, 2.24) is 0 Å². The molecule has 0 unspecified atom stereocenters. The molecule has 26 heavy (non-hydrogen) atoms. The highest BCUT2D eigenvalue weighted by molar-refractivity contribution is 6.78. The van der Waals surface area contributed by atoms with Gasteiger partial charge >= 0.3 is 0 Å². The van der Waals surface area contributed by atoms with E-state index in [1.807, 2.05) is 0 Å². The van der Waals surface area contributed by atoms with E-state index in [0.717, 1.165) is 12.2 Å². The number of rotatable bonds is 7. The van der Waals surface area contributed by atoms with Gasteiger partial charge in [-0.1, -0.05) is 68.4 Å². The second kappa shape index (κ2) is 8.36. The van der Waals surface area contributed by atoms with Crippen molar-refractivity contribution in [2.75, 3.05) is 0 Å². The van der Waals surface area contributed by atoms with Crippen LogP contribution in [0.4, 0.5) is 0 Å². The fraction of sp³-hybridized carbons (Fsp3) is 0.818. The fourth-order valence-corrected chi connectivity index (χ4v) is 10.7. The maximum Gasteiger partial charge on any atom is 0.258 e. The summed E-state index contributed by atoms with van der Waals surface area (Å²) in [5.41, 5.74) is 3.13. The first-order valence-electron chi connectivity index (χ1n) is 10.4. The lowest BCUT2D eigenvalue weighted by atomic mass is 10.0. The van der Waals surface area contributed by atoms with Crippen LogP contribution >= 0.6 is 0 Å². The Morgan fingerprint density at radius 2 is 1.42 bits per heavy atom. The van der Waals surface area contributed by atoms with Crippen LogP contribution in [-0.4, -0.2) is 22.7 Å². The minimum Gasteiger partial charge on any atom is -0.543 e. The molecule has 1 atom stereocenters. The molecule has 0 aliphatic heterocycles. The van der Waals surface area contributed by atoms with Gasteiger partial charge in [-0.25, -0.2) is 0 Å². The molecule has 0 amide bonds. The van der Waals surface area contributed by atoms with Gasteiger partial charge in [0.05, 0.1) is 6.10 Å². The number of hydrogen-bond donors (Lipinski definition) is 0. The molecule has 0 saturated heterocycles. The summed E-state index contributed by atoms with van der Waals surface area (Å²) < 4.78 is 13.5. The highest BCUT2D eigenvalue weighted by atomic mass is 28.4. The van der Waals surface area contributed by atoms with Gasteiger partial charge in [-0.2, -0.15) is 0 Å². The van der Waals surface area contributed by atoms with E-state index >= 15 is 0 Å².